The van der Waals surface area contributed by atoms with Crippen molar-refractivity contribution < 1.29 is 9.47 Å². The average Bonchev–Trinajstić information content (AvgIpc) is 3.04. The standard InChI is InChI=1S/C12H15BrN4O2/c1-18-12(4-6-19-8-12)7-14-11-15-10-9(13)3-2-5-17(10)16-11/h2-3,5H,4,6-8H2,1H3,(H,14,16). The van der Waals surface area contributed by atoms with Gasteiger partial charge in [-0.15, -0.1) is 5.10 Å². The van der Waals surface area contributed by atoms with Crippen molar-refractivity contribution >= 4 is 27.5 Å². The van der Waals surface area contributed by atoms with E-state index in [-0.39, 0.29) is 5.60 Å². The molecule has 6 nitrogen and oxygen atoms in total. The normalized spacial score (nSPS) is 23.1. The smallest absolute Gasteiger partial charge is 0.243 e. The average molecular weight is 327 g/mol. The van der Waals surface area contributed by atoms with Gasteiger partial charge in [0.1, 0.15) is 5.60 Å². The molecule has 0 amide bonds. The molecule has 2 aromatic heterocycles. The fourth-order valence-electron chi connectivity index (χ4n) is 2.15. The largest absolute Gasteiger partial charge is 0.378 e. The Morgan fingerprint density at radius 1 is 1.63 bits per heavy atom. The molecule has 7 heteroatoms. The fourth-order valence-corrected chi connectivity index (χ4v) is 2.57. The summed E-state index contributed by atoms with van der Waals surface area (Å²) in [5, 5.41) is 7.59. The number of hydrogen-bond donors (Lipinski definition) is 1. The molecule has 1 atom stereocenters. The van der Waals surface area contributed by atoms with Gasteiger partial charge >= 0.3 is 0 Å². The molecule has 1 saturated heterocycles. The molecule has 3 heterocycles. The van der Waals surface area contributed by atoms with E-state index in [2.05, 4.69) is 31.3 Å². The molecular weight excluding hydrogens is 312 g/mol. The van der Waals surface area contributed by atoms with Gasteiger partial charge in [-0.3, -0.25) is 0 Å². The molecule has 102 valence electrons. The molecule has 2 aromatic rings. The molecule has 1 unspecified atom stereocenters. The highest BCUT2D eigenvalue weighted by Crippen LogP contribution is 2.23. The summed E-state index contributed by atoms with van der Waals surface area (Å²) < 4.78 is 13.6. The van der Waals surface area contributed by atoms with Gasteiger partial charge in [-0.2, -0.15) is 4.98 Å². The third-order valence-electron chi connectivity index (χ3n) is 3.38. The predicted octanol–water partition coefficient (Wildman–Crippen LogP) is 1.71. The maximum atomic E-state index is 5.56. The summed E-state index contributed by atoms with van der Waals surface area (Å²) >= 11 is 3.46. The van der Waals surface area contributed by atoms with E-state index in [1.54, 1.807) is 11.6 Å². The van der Waals surface area contributed by atoms with Crippen molar-refractivity contribution in [1.29, 1.82) is 0 Å². The number of fused-ring (bicyclic) bond motifs is 1. The summed E-state index contributed by atoms with van der Waals surface area (Å²) in [6.45, 7) is 1.98. The van der Waals surface area contributed by atoms with Gasteiger partial charge in [0.15, 0.2) is 5.65 Å². The van der Waals surface area contributed by atoms with Crippen LogP contribution in [0.15, 0.2) is 22.8 Å². The second-order valence-electron chi connectivity index (χ2n) is 4.60. The number of ether oxygens (including phenoxy) is 2. The molecule has 0 bridgehead atoms. The van der Waals surface area contributed by atoms with Crippen LogP contribution in [0.2, 0.25) is 0 Å². The molecule has 1 N–H and O–H groups in total. The Morgan fingerprint density at radius 2 is 2.53 bits per heavy atom. The van der Waals surface area contributed by atoms with E-state index in [1.165, 1.54) is 0 Å². The summed E-state index contributed by atoms with van der Waals surface area (Å²) in [7, 11) is 1.71. The molecule has 0 aliphatic carbocycles. The van der Waals surface area contributed by atoms with Crippen LogP contribution in [0.4, 0.5) is 5.95 Å². The molecule has 3 rings (SSSR count). The molecule has 1 aliphatic rings. The molecule has 0 saturated carbocycles. The van der Waals surface area contributed by atoms with Crippen LogP contribution in [0, 0.1) is 0 Å². The molecule has 0 aromatic carbocycles. The Balaban J connectivity index is 1.76. The Labute approximate surface area is 119 Å². The zero-order valence-electron chi connectivity index (χ0n) is 10.6. The summed E-state index contributed by atoms with van der Waals surface area (Å²) in [4.78, 5) is 4.44. The number of aromatic nitrogens is 3. The molecule has 0 radical (unpaired) electrons. The number of rotatable bonds is 4. The highest BCUT2D eigenvalue weighted by atomic mass is 79.9. The van der Waals surface area contributed by atoms with E-state index in [0.29, 0.717) is 19.1 Å². The summed E-state index contributed by atoms with van der Waals surface area (Å²) in [5.74, 6) is 0.593. The molecule has 1 aliphatic heterocycles. The van der Waals surface area contributed by atoms with Crippen molar-refractivity contribution in [1.82, 2.24) is 14.6 Å². The first-order valence-electron chi connectivity index (χ1n) is 6.10. The van der Waals surface area contributed by atoms with Crippen LogP contribution < -0.4 is 5.32 Å². The second kappa shape index (κ2) is 5.07. The van der Waals surface area contributed by atoms with Gasteiger partial charge in [0.25, 0.3) is 0 Å². The molecule has 0 spiro atoms. The maximum Gasteiger partial charge on any atom is 0.243 e. The first-order valence-corrected chi connectivity index (χ1v) is 6.89. The lowest BCUT2D eigenvalue weighted by atomic mass is 10.0. The van der Waals surface area contributed by atoms with Crippen molar-refractivity contribution in [3.05, 3.63) is 22.8 Å². The summed E-state index contributed by atoms with van der Waals surface area (Å²) in [5.41, 5.74) is 0.522. The predicted molar refractivity (Wildman–Crippen MR) is 74.4 cm³/mol. The molecule has 19 heavy (non-hydrogen) atoms. The number of methoxy groups -OCH3 is 1. The van der Waals surface area contributed by atoms with Crippen LogP contribution in [0.1, 0.15) is 6.42 Å². The zero-order chi connectivity index (χ0) is 13.3. The van der Waals surface area contributed by atoms with Gasteiger partial charge < -0.3 is 14.8 Å². The van der Waals surface area contributed by atoms with E-state index in [1.807, 2.05) is 18.3 Å². The topological polar surface area (TPSA) is 60.7 Å². The molecular formula is C12H15BrN4O2. The number of hydrogen-bond acceptors (Lipinski definition) is 5. The Bertz CT molecular complexity index is 580. The number of halogens is 1. The van der Waals surface area contributed by atoms with Crippen LogP contribution in [0.3, 0.4) is 0 Å². The van der Waals surface area contributed by atoms with Gasteiger partial charge in [0.05, 0.1) is 11.1 Å². The SMILES string of the molecule is COC1(CNc2nc3c(Br)cccn3n2)CCOC1. The fraction of sp³-hybridized carbons (Fsp3) is 0.500. The zero-order valence-corrected chi connectivity index (χ0v) is 12.2. The van der Waals surface area contributed by atoms with E-state index in [4.69, 9.17) is 9.47 Å². The van der Waals surface area contributed by atoms with E-state index in [9.17, 15) is 0 Å². The van der Waals surface area contributed by atoms with Gasteiger partial charge in [-0.25, -0.2) is 4.52 Å². The van der Waals surface area contributed by atoms with Crippen LogP contribution >= 0.6 is 15.9 Å². The number of anilines is 1. The Kier molecular flexibility index (Phi) is 3.42. The van der Waals surface area contributed by atoms with E-state index < -0.39 is 0 Å². The maximum absolute atomic E-state index is 5.56. The third kappa shape index (κ3) is 2.45. The van der Waals surface area contributed by atoms with E-state index in [0.717, 1.165) is 23.1 Å². The summed E-state index contributed by atoms with van der Waals surface area (Å²) in [6, 6.07) is 3.85. The summed E-state index contributed by atoms with van der Waals surface area (Å²) in [6.07, 6.45) is 2.75. The highest BCUT2D eigenvalue weighted by Gasteiger charge is 2.35. The number of nitrogens with one attached hydrogen (secondary N) is 1. The Morgan fingerprint density at radius 3 is 3.21 bits per heavy atom. The van der Waals surface area contributed by atoms with Gasteiger partial charge in [-0.1, -0.05) is 0 Å². The number of nitrogens with zero attached hydrogens (tertiary/aromatic N) is 3. The minimum Gasteiger partial charge on any atom is -0.378 e. The van der Waals surface area contributed by atoms with Crippen molar-refractivity contribution in [2.75, 3.05) is 32.2 Å². The Hall–Kier alpha value is -1.18. The minimum absolute atomic E-state index is 0.269. The van der Waals surface area contributed by atoms with Crippen molar-refractivity contribution in [2.45, 2.75) is 12.0 Å². The van der Waals surface area contributed by atoms with Gasteiger partial charge in [-0.05, 0) is 28.1 Å². The first kappa shape index (κ1) is 12.8. The monoisotopic (exact) mass is 326 g/mol. The van der Waals surface area contributed by atoms with Crippen molar-refractivity contribution in [3.8, 4) is 0 Å². The lowest BCUT2D eigenvalue weighted by molar-refractivity contribution is -0.00630. The second-order valence-corrected chi connectivity index (χ2v) is 5.46. The van der Waals surface area contributed by atoms with Crippen molar-refractivity contribution in [2.24, 2.45) is 0 Å². The van der Waals surface area contributed by atoms with Crippen LogP contribution in [0.25, 0.3) is 5.65 Å². The highest BCUT2D eigenvalue weighted by molar-refractivity contribution is 9.10. The van der Waals surface area contributed by atoms with E-state index >= 15 is 0 Å². The number of pyridine rings is 1. The lowest BCUT2D eigenvalue weighted by Crippen LogP contribution is -2.39. The minimum atomic E-state index is -0.269. The third-order valence-corrected chi connectivity index (χ3v) is 4.00. The van der Waals surface area contributed by atoms with Gasteiger partial charge in [0.2, 0.25) is 5.95 Å². The molecule has 1 fully saturated rings. The van der Waals surface area contributed by atoms with Crippen LogP contribution in [-0.2, 0) is 9.47 Å². The van der Waals surface area contributed by atoms with Crippen molar-refractivity contribution in [3.63, 3.8) is 0 Å². The quantitative estimate of drug-likeness (QED) is 0.926. The van der Waals surface area contributed by atoms with Crippen LogP contribution in [0.5, 0.6) is 0 Å². The van der Waals surface area contributed by atoms with Gasteiger partial charge in [0, 0.05) is 32.9 Å². The first-order chi connectivity index (χ1) is 9.22. The lowest BCUT2D eigenvalue weighted by Gasteiger charge is -2.25. The van der Waals surface area contributed by atoms with Crippen LogP contribution in [-0.4, -0.2) is 47.1 Å².